The van der Waals surface area contributed by atoms with Gasteiger partial charge in [0.2, 0.25) is 5.88 Å². The van der Waals surface area contributed by atoms with Gasteiger partial charge < -0.3 is 15.4 Å². The maximum atomic E-state index is 13.7. The number of guanidine groups is 1. The molecule has 1 aromatic carbocycles. The second-order valence-corrected chi connectivity index (χ2v) is 9.93. The number of sulfone groups is 1. The van der Waals surface area contributed by atoms with Gasteiger partial charge in [-0.15, -0.1) is 0 Å². The summed E-state index contributed by atoms with van der Waals surface area (Å²) in [6, 6.07) is 7.94. The fourth-order valence-corrected chi connectivity index (χ4v) is 4.38. The van der Waals surface area contributed by atoms with Gasteiger partial charge in [-0.25, -0.2) is 17.8 Å². The van der Waals surface area contributed by atoms with Gasteiger partial charge in [-0.2, -0.15) is 0 Å². The number of nitrogens with one attached hydrogen (secondary N) is 2. The van der Waals surface area contributed by atoms with Crippen LogP contribution in [0.1, 0.15) is 42.4 Å². The molecule has 1 saturated carbocycles. The highest BCUT2D eigenvalue weighted by atomic mass is 32.2. The van der Waals surface area contributed by atoms with E-state index in [1.807, 2.05) is 12.1 Å². The van der Waals surface area contributed by atoms with Crippen LogP contribution in [0.2, 0.25) is 0 Å². The van der Waals surface area contributed by atoms with E-state index in [1.165, 1.54) is 31.0 Å². The van der Waals surface area contributed by atoms with Crippen LogP contribution in [-0.4, -0.2) is 38.8 Å². The van der Waals surface area contributed by atoms with E-state index in [2.05, 4.69) is 20.6 Å². The summed E-state index contributed by atoms with van der Waals surface area (Å²) < 4.78 is 42.8. The average molecular weight is 449 g/mol. The number of nitrogens with zero attached hydrogens (tertiary/aromatic N) is 2. The third-order valence-corrected chi connectivity index (χ3v) is 5.94. The molecule has 7 nitrogen and oxygen atoms in total. The molecule has 0 radical (unpaired) electrons. The Balaban J connectivity index is 1.53. The number of ether oxygens (including phenoxy) is 1. The Morgan fingerprint density at radius 3 is 2.55 bits per heavy atom. The van der Waals surface area contributed by atoms with Crippen molar-refractivity contribution in [3.8, 4) is 5.88 Å². The number of halogens is 1. The first kappa shape index (κ1) is 23.0. The van der Waals surface area contributed by atoms with Crippen molar-refractivity contribution in [3.63, 3.8) is 0 Å². The lowest BCUT2D eigenvalue weighted by atomic mass is 10.1. The predicted molar refractivity (Wildman–Crippen MR) is 119 cm³/mol. The second-order valence-electron chi connectivity index (χ2n) is 7.79. The third-order valence-electron chi connectivity index (χ3n) is 5.10. The molecule has 1 fully saturated rings. The second kappa shape index (κ2) is 10.6. The van der Waals surface area contributed by atoms with Gasteiger partial charge in [-0.1, -0.05) is 12.1 Å². The first-order chi connectivity index (χ1) is 14.8. The van der Waals surface area contributed by atoms with Crippen LogP contribution in [0.5, 0.6) is 5.88 Å². The van der Waals surface area contributed by atoms with Crippen molar-refractivity contribution in [1.29, 1.82) is 0 Å². The van der Waals surface area contributed by atoms with Crippen molar-refractivity contribution in [1.82, 2.24) is 15.6 Å². The van der Waals surface area contributed by atoms with E-state index in [4.69, 9.17) is 4.74 Å². The summed E-state index contributed by atoms with van der Waals surface area (Å²) in [5.41, 5.74) is 2.10. The average Bonchev–Trinajstić information content (AvgIpc) is 3.23. The molecule has 0 amide bonds. The molecule has 0 atom stereocenters. The van der Waals surface area contributed by atoms with Crippen molar-refractivity contribution in [2.24, 2.45) is 4.99 Å². The fourth-order valence-electron chi connectivity index (χ4n) is 3.53. The molecule has 0 aliphatic heterocycles. The van der Waals surface area contributed by atoms with Gasteiger partial charge in [0.05, 0.1) is 5.75 Å². The highest BCUT2D eigenvalue weighted by molar-refractivity contribution is 7.89. The Labute approximate surface area is 183 Å². The smallest absolute Gasteiger partial charge is 0.213 e. The van der Waals surface area contributed by atoms with E-state index in [0.717, 1.165) is 24.7 Å². The molecule has 2 aromatic rings. The standard InChI is InChI=1S/C22H29FN4O3S/c1-24-22(27-14-18-11-19(23)9-8-17(18)15-31(2,28)29)26-13-16-7-10-21(25-12-16)30-20-5-3-4-6-20/h7-12,20H,3-6,13-15H2,1-2H3,(H2,24,26,27). The van der Waals surface area contributed by atoms with Crippen molar-refractivity contribution >= 4 is 15.8 Å². The zero-order valence-electron chi connectivity index (χ0n) is 17.9. The number of pyridine rings is 1. The van der Waals surface area contributed by atoms with Gasteiger partial charge in [-0.05, 0) is 54.5 Å². The maximum absolute atomic E-state index is 13.7. The molecule has 0 bridgehead atoms. The maximum Gasteiger partial charge on any atom is 0.213 e. The minimum absolute atomic E-state index is 0.142. The summed E-state index contributed by atoms with van der Waals surface area (Å²) in [5.74, 6) is 0.601. The molecule has 9 heteroatoms. The Morgan fingerprint density at radius 2 is 1.90 bits per heavy atom. The lowest BCUT2D eigenvalue weighted by Crippen LogP contribution is -2.36. The molecule has 2 N–H and O–H groups in total. The van der Waals surface area contributed by atoms with Crippen LogP contribution >= 0.6 is 0 Å². The van der Waals surface area contributed by atoms with Crippen molar-refractivity contribution in [2.75, 3.05) is 13.3 Å². The number of benzene rings is 1. The zero-order valence-corrected chi connectivity index (χ0v) is 18.7. The van der Waals surface area contributed by atoms with Crippen LogP contribution in [-0.2, 0) is 28.7 Å². The molecule has 31 heavy (non-hydrogen) atoms. The Bertz CT molecular complexity index is 1000. The highest BCUT2D eigenvalue weighted by Crippen LogP contribution is 2.22. The fraction of sp³-hybridized carbons (Fsp3) is 0.455. The summed E-state index contributed by atoms with van der Waals surface area (Å²) in [6.45, 7) is 0.741. The minimum Gasteiger partial charge on any atom is -0.474 e. The summed E-state index contributed by atoms with van der Waals surface area (Å²) in [6.07, 6.45) is 7.80. The third kappa shape index (κ3) is 7.50. The highest BCUT2D eigenvalue weighted by Gasteiger charge is 2.17. The molecule has 1 aliphatic rings. The minimum atomic E-state index is -3.23. The summed E-state index contributed by atoms with van der Waals surface area (Å²) in [7, 11) is -1.59. The molecular weight excluding hydrogens is 419 g/mol. The first-order valence-electron chi connectivity index (χ1n) is 10.3. The number of rotatable bonds is 8. The number of aliphatic imine (C=N–C) groups is 1. The summed E-state index contributed by atoms with van der Waals surface area (Å²) in [5, 5.41) is 6.28. The van der Waals surface area contributed by atoms with Gasteiger partial charge in [0, 0.05) is 38.7 Å². The van der Waals surface area contributed by atoms with Gasteiger partial charge >= 0.3 is 0 Å². The largest absolute Gasteiger partial charge is 0.474 e. The molecule has 0 saturated heterocycles. The van der Waals surface area contributed by atoms with Crippen LogP contribution in [0.4, 0.5) is 4.39 Å². The zero-order chi connectivity index (χ0) is 22.3. The first-order valence-corrected chi connectivity index (χ1v) is 12.4. The Hall–Kier alpha value is -2.68. The Morgan fingerprint density at radius 1 is 1.16 bits per heavy atom. The van der Waals surface area contributed by atoms with E-state index in [1.54, 1.807) is 13.2 Å². The number of hydrogen-bond donors (Lipinski definition) is 2. The summed E-state index contributed by atoms with van der Waals surface area (Å²) in [4.78, 5) is 8.54. The van der Waals surface area contributed by atoms with Gasteiger partial charge in [0.1, 0.15) is 11.9 Å². The Kier molecular flexibility index (Phi) is 7.84. The van der Waals surface area contributed by atoms with Crippen LogP contribution in [0, 0.1) is 5.82 Å². The van der Waals surface area contributed by atoms with E-state index in [-0.39, 0.29) is 18.4 Å². The van der Waals surface area contributed by atoms with Crippen LogP contribution in [0.25, 0.3) is 0 Å². The van der Waals surface area contributed by atoms with Gasteiger partial charge in [-0.3, -0.25) is 4.99 Å². The molecule has 0 unspecified atom stereocenters. The van der Waals surface area contributed by atoms with Crippen LogP contribution in [0.15, 0.2) is 41.5 Å². The molecule has 1 heterocycles. The van der Waals surface area contributed by atoms with E-state index >= 15 is 0 Å². The quantitative estimate of drug-likeness (QED) is 0.477. The molecule has 0 spiro atoms. The van der Waals surface area contributed by atoms with Gasteiger partial charge in [0.15, 0.2) is 15.8 Å². The molecule has 3 rings (SSSR count). The van der Waals surface area contributed by atoms with E-state index in [9.17, 15) is 12.8 Å². The van der Waals surface area contributed by atoms with Crippen LogP contribution in [0.3, 0.4) is 0 Å². The van der Waals surface area contributed by atoms with Crippen molar-refractivity contribution in [3.05, 3.63) is 59.0 Å². The molecule has 168 valence electrons. The lowest BCUT2D eigenvalue weighted by molar-refractivity contribution is 0.201. The van der Waals surface area contributed by atoms with Crippen molar-refractivity contribution < 1.29 is 17.5 Å². The molecule has 1 aliphatic carbocycles. The van der Waals surface area contributed by atoms with Crippen LogP contribution < -0.4 is 15.4 Å². The van der Waals surface area contributed by atoms with Crippen molar-refractivity contribution in [2.45, 2.75) is 50.6 Å². The van der Waals surface area contributed by atoms with E-state index in [0.29, 0.717) is 29.5 Å². The molecular formula is C22H29FN4O3S. The number of aromatic nitrogens is 1. The molecule has 1 aromatic heterocycles. The SMILES string of the molecule is CN=C(NCc1ccc(OC2CCCC2)nc1)NCc1cc(F)ccc1CS(C)(=O)=O. The normalized spacial score (nSPS) is 15.1. The summed E-state index contributed by atoms with van der Waals surface area (Å²) >= 11 is 0. The topological polar surface area (TPSA) is 92.7 Å². The van der Waals surface area contributed by atoms with E-state index < -0.39 is 15.7 Å². The lowest BCUT2D eigenvalue weighted by Gasteiger charge is -2.15. The van der Waals surface area contributed by atoms with Gasteiger partial charge in [0.25, 0.3) is 0 Å². The number of hydrogen-bond acceptors (Lipinski definition) is 5. The monoisotopic (exact) mass is 448 g/mol. The predicted octanol–water partition coefficient (Wildman–Crippen LogP) is 2.95.